The molecule has 13 nitrogen and oxygen atoms in total. The van der Waals surface area contributed by atoms with Crippen LogP contribution in [0.2, 0.25) is 0 Å². The second kappa shape index (κ2) is 15.2. The molecule has 0 spiro atoms. The Morgan fingerprint density at radius 3 is 1.43 bits per heavy atom. The number of hydrogen-bond acceptors (Lipinski definition) is 13. The van der Waals surface area contributed by atoms with Gasteiger partial charge in [0, 0.05) is 32.9 Å². The molecule has 0 fully saturated rings. The molecular weight excluding hydrogens is 773 g/mol. The van der Waals surface area contributed by atoms with E-state index in [4.69, 9.17) is 47.4 Å². The standard InChI is InChI=1S/C47H42O13/c1-47(2,3)43-40-39(45(49)60-43)37(24-12-16-26(52-5)17-13-24)28-19-33(54-7)35(56-9)21-30(28)42(40)59-46(50)58-41-29-20-34(55-8)32(53-6)18-27(29)36(38-31(41)22-57-44(38)48)23-10-14-25(51-4)15-11-23/h10-21,43H,22H2,1-9H3. The normalized spacial score (nSPS) is 14.2. The molecule has 2 aliphatic heterocycles. The zero-order valence-corrected chi connectivity index (χ0v) is 34.5. The molecule has 0 aliphatic carbocycles. The Morgan fingerprint density at radius 1 is 0.550 bits per heavy atom. The summed E-state index contributed by atoms with van der Waals surface area (Å²) in [4.78, 5) is 42.3. The predicted octanol–water partition coefficient (Wildman–Crippen LogP) is 9.88. The summed E-state index contributed by atoms with van der Waals surface area (Å²) in [6.07, 6.45) is -2.01. The van der Waals surface area contributed by atoms with Gasteiger partial charge in [-0.25, -0.2) is 14.4 Å². The van der Waals surface area contributed by atoms with Crippen LogP contribution in [0, 0.1) is 5.41 Å². The van der Waals surface area contributed by atoms with Crippen molar-refractivity contribution in [1.82, 2.24) is 0 Å². The van der Waals surface area contributed by atoms with Crippen LogP contribution in [0.1, 0.15) is 58.7 Å². The van der Waals surface area contributed by atoms with E-state index in [0.29, 0.717) is 89.4 Å². The van der Waals surface area contributed by atoms with Crippen LogP contribution in [0.5, 0.6) is 46.0 Å². The van der Waals surface area contributed by atoms with E-state index in [1.807, 2.05) is 45.0 Å². The van der Waals surface area contributed by atoms with Gasteiger partial charge >= 0.3 is 18.1 Å². The van der Waals surface area contributed by atoms with Crippen LogP contribution in [0.4, 0.5) is 4.79 Å². The summed E-state index contributed by atoms with van der Waals surface area (Å²) in [5, 5.41) is 1.85. The average molecular weight is 815 g/mol. The number of carbonyl (C=O) groups excluding carboxylic acids is 3. The maximum Gasteiger partial charge on any atom is 0.519 e. The summed E-state index contributed by atoms with van der Waals surface area (Å²) in [6.45, 7) is 5.58. The van der Waals surface area contributed by atoms with Gasteiger partial charge in [0.25, 0.3) is 0 Å². The van der Waals surface area contributed by atoms with Gasteiger partial charge in [-0.2, -0.15) is 0 Å². The molecule has 2 aliphatic rings. The van der Waals surface area contributed by atoms with E-state index in [1.54, 1.807) is 62.8 Å². The minimum absolute atomic E-state index is 0.0174. The van der Waals surface area contributed by atoms with Gasteiger partial charge in [0.2, 0.25) is 0 Å². The number of ether oxygens (including phenoxy) is 10. The Hall–Kier alpha value is -7.15. The molecule has 0 amide bonds. The van der Waals surface area contributed by atoms with Crippen molar-refractivity contribution < 1.29 is 61.8 Å². The molecule has 2 heterocycles. The van der Waals surface area contributed by atoms with Crippen molar-refractivity contribution in [1.29, 1.82) is 0 Å². The highest BCUT2D eigenvalue weighted by molar-refractivity contribution is 6.16. The highest BCUT2D eigenvalue weighted by Crippen LogP contribution is 2.55. The zero-order chi connectivity index (χ0) is 42.6. The Kier molecular flexibility index (Phi) is 10.1. The Balaban J connectivity index is 1.36. The van der Waals surface area contributed by atoms with Crippen LogP contribution in [-0.4, -0.2) is 60.8 Å². The monoisotopic (exact) mass is 814 g/mol. The molecule has 0 radical (unpaired) electrons. The molecule has 0 saturated carbocycles. The van der Waals surface area contributed by atoms with E-state index >= 15 is 0 Å². The molecule has 0 N–H and O–H groups in total. The molecular formula is C47H42O13. The largest absolute Gasteiger partial charge is 0.519 e. The first-order valence-corrected chi connectivity index (χ1v) is 18.9. The Bertz CT molecular complexity index is 2730. The van der Waals surface area contributed by atoms with Gasteiger partial charge in [-0.15, -0.1) is 0 Å². The number of hydrogen-bond donors (Lipinski definition) is 0. The first-order chi connectivity index (χ1) is 28.8. The summed E-state index contributed by atoms with van der Waals surface area (Å²) >= 11 is 0. The SMILES string of the molecule is COc1ccc(-c2c3c(c(OC(=O)Oc4c5c(c(-c6ccc(OC)cc6)c6cc(OC)c(OC)cc46)C(=O)OC5C(C)(C)C)c4cc(OC)c(OC)cc24)COC3=O)cc1. The number of esters is 2. The van der Waals surface area contributed by atoms with Gasteiger partial charge in [-0.1, -0.05) is 45.0 Å². The summed E-state index contributed by atoms with van der Waals surface area (Å²) in [5.74, 6) is 1.52. The number of cyclic esters (lactones) is 2. The quantitative estimate of drug-likeness (QED) is 0.0957. The lowest BCUT2D eigenvalue weighted by molar-refractivity contribution is 0.00729. The molecule has 6 aromatic carbocycles. The lowest BCUT2D eigenvalue weighted by Gasteiger charge is -2.28. The highest BCUT2D eigenvalue weighted by atomic mass is 16.7. The molecule has 0 aromatic heterocycles. The van der Waals surface area contributed by atoms with Crippen molar-refractivity contribution in [3.05, 3.63) is 95.1 Å². The molecule has 1 atom stereocenters. The van der Waals surface area contributed by atoms with Crippen molar-refractivity contribution in [2.75, 3.05) is 42.7 Å². The fourth-order valence-electron chi connectivity index (χ4n) is 8.04. The maximum absolute atomic E-state index is 14.6. The van der Waals surface area contributed by atoms with Gasteiger partial charge in [0.1, 0.15) is 35.7 Å². The highest BCUT2D eigenvalue weighted by Gasteiger charge is 2.45. The second-order valence-corrected chi connectivity index (χ2v) is 15.2. The summed E-state index contributed by atoms with van der Waals surface area (Å²) in [6, 6.07) is 21.3. The van der Waals surface area contributed by atoms with Crippen molar-refractivity contribution in [3.8, 4) is 68.2 Å². The maximum atomic E-state index is 14.6. The number of carbonyl (C=O) groups is 3. The minimum Gasteiger partial charge on any atom is -0.497 e. The van der Waals surface area contributed by atoms with Crippen LogP contribution >= 0.6 is 0 Å². The molecule has 13 heteroatoms. The van der Waals surface area contributed by atoms with Gasteiger partial charge in [-0.3, -0.25) is 0 Å². The molecule has 308 valence electrons. The summed E-state index contributed by atoms with van der Waals surface area (Å²) in [5.41, 5.74) is 2.87. The van der Waals surface area contributed by atoms with Gasteiger partial charge < -0.3 is 47.4 Å². The smallest absolute Gasteiger partial charge is 0.497 e. The van der Waals surface area contributed by atoms with E-state index in [9.17, 15) is 14.4 Å². The summed E-state index contributed by atoms with van der Waals surface area (Å²) < 4.78 is 57.9. The first kappa shape index (κ1) is 39.7. The molecule has 1 unspecified atom stereocenters. The Morgan fingerprint density at radius 2 is 0.983 bits per heavy atom. The minimum atomic E-state index is -1.16. The van der Waals surface area contributed by atoms with E-state index in [-0.39, 0.29) is 29.2 Å². The number of methoxy groups -OCH3 is 6. The topological polar surface area (TPSA) is 144 Å². The third-order valence-corrected chi connectivity index (χ3v) is 10.8. The van der Waals surface area contributed by atoms with Crippen LogP contribution < -0.4 is 37.9 Å². The van der Waals surface area contributed by atoms with Crippen molar-refractivity contribution in [2.24, 2.45) is 5.41 Å². The fourth-order valence-corrected chi connectivity index (χ4v) is 8.04. The number of fused-ring (bicyclic) bond motifs is 4. The van der Waals surface area contributed by atoms with Crippen LogP contribution in [-0.2, 0) is 16.1 Å². The second-order valence-electron chi connectivity index (χ2n) is 15.2. The lowest BCUT2D eigenvalue weighted by Crippen LogP contribution is -2.21. The third kappa shape index (κ3) is 6.46. The van der Waals surface area contributed by atoms with Gasteiger partial charge in [-0.05, 0) is 70.4 Å². The van der Waals surface area contributed by atoms with E-state index in [0.717, 1.165) is 0 Å². The zero-order valence-electron chi connectivity index (χ0n) is 34.5. The van der Waals surface area contributed by atoms with Crippen molar-refractivity contribution in [2.45, 2.75) is 33.5 Å². The van der Waals surface area contributed by atoms with Crippen LogP contribution in [0.15, 0.2) is 72.8 Å². The molecule has 8 rings (SSSR count). The third-order valence-electron chi connectivity index (χ3n) is 10.8. The van der Waals surface area contributed by atoms with E-state index in [1.165, 1.54) is 28.4 Å². The molecule has 60 heavy (non-hydrogen) atoms. The van der Waals surface area contributed by atoms with E-state index < -0.39 is 29.6 Å². The lowest BCUT2D eigenvalue weighted by atomic mass is 9.80. The van der Waals surface area contributed by atoms with Crippen molar-refractivity contribution >= 4 is 39.6 Å². The van der Waals surface area contributed by atoms with E-state index in [2.05, 4.69) is 0 Å². The van der Waals surface area contributed by atoms with Crippen LogP contribution in [0.3, 0.4) is 0 Å². The molecule has 0 saturated heterocycles. The van der Waals surface area contributed by atoms with Crippen molar-refractivity contribution in [3.63, 3.8) is 0 Å². The molecule has 0 bridgehead atoms. The first-order valence-electron chi connectivity index (χ1n) is 18.9. The molecule has 6 aromatic rings. The number of benzene rings is 6. The van der Waals surface area contributed by atoms with Gasteiger partial charge in [0.05, 0.1) is 59.3 Å². The average Bonchev–Trinajstić information content (AvgIpc) is 3.82. The fraction of sp³-hybridized carbons (Fsp3) is 0.255. The Labute approximate surface area is 345 Å². The van der Waals surface area contributed by atoms with Gasteiger partial charge in [0.15, 0.2) is 23.0 Å². The predicted molar refractivity (Wildman–Crippen MR) is 221 cm³/mol. The summed E-state index contributed by atoms with van der Waals surface area (Å²) in [7, 11) is 9.12. The van der Waals surface area contributed by atoms with Crippen LogP contribution in [0.25, 0.3) is 43.8 Å². The number of rotatable bonds is 10.